The van der Waals surface area contributed by atoms with Crippen molar-refractivity contribution in [3.05, 3.63) is 17.5 Å². The van der Waals surface area contributed by atoms with Gasteiger partial charge in [0.05, 0.1) is 5.69 Å². The van der Waals surface area contributed by atoms with E-state index in [1.165, 1.54) is 0 Å². The summed E-state index contributed by atoms with van der Waals surface area (Å²) >= 11 is 0. The third-order valence-electron chi connectivity index (χ3n) is 1.36. The summed E-state index contributed by atoms with van der Waals surface area (Å²) in [5, 5.41) is 3.76. The van der Waals surface area contributed by atoms with Crippen molar-refractivity contribution in [2.45, 2.75) is 26.3 Å². The van der Waals surface area contributed by atoms with Gasteiger partial charge in [-0.25, -0.2) is 0 Å². The Kier molecular flexibility index (Phi) is 4.15. The van der Waals surface area contributed by atoms with Gasteiger partial charge in [0.25, 0.3) is 0 Å². The molecule has 0 unspecified atom stereocenters. The van der Waals surface area contributed by atoms with E-state index in [2.05, 4.69) is 19.0 Å². The fraction of sp³-hybridized carbons (Fsp3) is 0.571. The lowest BCUT2D eigenvalue weighted by atomic mass is 10.1. The van der Waals surface area contributed by atoms with E-state index < -0.39 is 0 Å². The van der Waals surface area contributed by atoms with Gasteiger partial charge in [0, 0.05) is 18.5 Å². The molecule has 0 spiro atoms. The van der Waals surface area contributed by atoms with Crippen LogP contribution in [0.5, 0.6) is 0 Å². The molecule has 0 fully saturated rings. The second-order valence-corrected chi connectivity index (χ2v) is 2.58. The van der Waals surface area contributed by atoms with Gasteiger partial charge in [-0.05, 0) is 0 Å². The Morgan fingerprint density at radius 3 is 2.55 bits per heavy atom. The monoisotopic (exact) mass is 176 g/mol. The van der Waals surface area contributed by atoms with Crippen LogP contribution in [-0.4, -0.2) is 5.16 Å². The molecule has 4 heteroatoms. The molecule has 0 saturated carbocycles. The van der Waals surface area contributed by atoms with Crippen molar-refractivity contribution in [3.8, 4) is 0 Å². The maximum Gasteiger partial charge on any atom is 0.139 e. The maximum atomic E-state index is 5.34. The van der Waals surface area contributed by atoms with Crippen LogP contribution in [0, 0.1) is 0 Å². The largest absolute Gasteiger partial charge is 0.361 e. The Morgan fingerprint density at radius 1 is 1.64 bits per heavy atom. The number of nitrogens with zero attached hydrogens (tertiary/aromatic N) is 1. The average molecular weight is 177 g/mol. The SMILES string of the molecule is CC(C)c1cc(CN)no1.Cl. The smallest absolute Gasteiger partial charge is 0.139 e. The Morgan fingerprint density at radius 2 is 2.27 bits per heavy atom. The Bertz CT molecular complexity index is 210. The molecule has 64 valence electrons. The quantitative estimate of drug-likeness (QED) is 0.746. The number of halogens is 1. The minimum atomic E-state index is 0. The summed E-state index contributed by atoms with van der Waals surface area (Å²) < 4.78 is 4.99. The summed E-state index contributed by atoms with van der Waals surface area (Å²) in [4.78, 5) is 0. The molecule has 1 rings (SSSR count). The molecule has 2 N–H and O–H groups in total. The van der Waals surface area contributed by atoms with Crippen molar-refractivity contribution in [2.24, 2.45) is 5.73 Å². The molecular weight excluding hydrogens is 164 g/mol. The molecule has 0 aromatic carbocycles. The predicted octanol–water partition coefficient (Wildman–Crippen LogP) is 1.68. The fourth-order valence-corrected chi connectivity index (χ4v) is 0.697. The van der Waals surface area contributed by atoms with Crippen molar-refractivity contribution in [1.29, 1.82) is 0 Å². The van der Waals surface area contributed by atoms with Gasteiger partial charge in [-0.15, -0.1) is 12.4 Å². The second-order valence-electron chi connectivity index (χ2n) is 2.58. The molecule has 0 amide bonds. The molecule has 0 saturated heterocycles. The van der Waals surface area contributed by atoms with Crippen molar-refractivity contribution >= 4 is 12.4 Å². The Hall–Kier alpha value is -0.540. The van der Waals surface area contributed by atoms with Gasteiger partial charge < -0.3 is 10.3 Å². The van der Waals surface area contributed by atoms with E-state index in [0.717, 1.165) is 11.5 Å². The van der Waals surface area contributed by atoms with Crippen LogP contribution in [0.4, 0.5) is 0 Å². The van der Waals surface area contributed by atoms with E-state index in [-0.39, 0.29) is 12.4 Å². The summed E-state index contributed by atoms with van der Waals surface area (Å²) in [5.41, 5.74) is 6.16. The zero-order valence-electron chi connectivity index (χ0n) is 6.70. The highest BCUT2D eigenvalue weighted by Crippen LogP contribution is 2.14. The molecule has 3 nitrogen and oxygen atoms in total. The summed E-state index contributed by atoms with van der Waals surface area (Å²) in [5.74, 6) is 1.30. The molecule has 0 aliphatic heterocycles. The number of rotatable bonds is 2. The van der Waals surface area contributed by atoms with E-state index in [9.17, 15) is 0 Å². The highest BCUT2D eigenvalue weighted by Gasteiger charge is 2.05. The van der Waals surface area contributed by atoms with Crippen molar-refractivity contribution in [2.75, 3.05) is 0 Å². The molecule has 1 aromatic rings. The van der Waals surface area contributed by atoms with Crippen LogP contribution in [0.1, 0.15) is 31.2 Å². The van der Waals surface area contributed by atoms with Crippen molar-refractivity contribution < 1.29 is 4.52 Å². The highest BCUT2D eigenvalue weighted by atomic mass is 35.5. The van der Waals surface area contributed by atoms with Crippen LogP contribution in [0.15, 0.2) is 10.6 Å². The minimum Gasteiger partial charge on any atom is -0.361 e. The first-order chi connectivity index (χ1) is 4.74. The summed E-state index contributed by atoms with van der Waals surface area (Å²) in [6, 6.07) is 1.89. The molecule has 1 aromatic heterocycles. The molecule has 11 heavy (non-hydrogen) atoms. The van der Waals surface area contributed by atoms with Gasteiger partial charge in [-0.2, -0.15) is 0 Å². The van der Waals surface area contributed by atoms with Crippen LogP contribution in [-0.2, 0) is 6.54 Å². The zero-order valence-corrected chi connectivity index (χ0v) is 7.52. The lowest BCUT2D eigenvalue weighted by Gasteiger charge is -1.93. The third kappa shape index (κ3) is 2.52. The van der Waals surface area contributed by atoms with E-state index in [1.54, 1.807) is 0 Å². The number of nitrogens with two attached hydrogens (primary N) is 1. The maximum absolute atomic E-state index is 5.34. The fourth-order valence-electron chi connectivity index (χ4n) is 0.697. The average Bonchev–Trinajstić information content (AvgIpc) is 2.34. The number of hydrogen-bond acceptors (Lipinski definition) is 3. The molecule has 0 radical (unpaired) electrons. The number of aromatic nitrogens is 1. The first-order valence-corrected chi connectivity index (χ1v) is 3.39. The third-order valence-corrected chi connectivity index (χ3v) is 1.36. The van der Waals surface area contributed by atoms with Crippen LogP contribution in [0.3, 0.4) is 0 Å². The molecule has 0 atom stereocenters. The van der Waals surface area contributed by atoms with Crippen LogP contribution in [0.25, 0.3) is 0 Å². The van der Waals surface area contributed by atoms with Crippen LogP contribution in [0.2, 0.25) is 0 Å². The normalized spacial score (nSPS) is 9.82. The van der Waals surface area contributed by atoms with Crippen molar-refractivity contribution in [1.82, 2.24) is 5.16 Å². The molecule has 0 bridgehead atoms. The van der Waals surface area contributed by atoms with Gasteiger partial charge in [0.15, 0.2) is 0 Å². The van der Waals surface area contributed by atoms with Gasteiger partial charge in [-0.1, -0.05) is 19.0 Å². The van der Waals surface area contributed by atoms with E-state index in [4.69, 9.17) is 10.3 Å². The van der Waals surface area contributed by atoms with Gasteiger partial charge in [-0.3, -0.25) is 0 Å². The summed E-state index contributed by atoms with van der Waals surface area (Å²) in [6.45, 7) is 4.57. The lowest BCUT2D eigenvalue weighted by molar-refractivity contribution is 0.366. The lowest BCUT2D eigenvalue weighted by Crippen LogP contribution is -1.95. The van der Waals surface area contributed by atoms with Crippen molar-refractivity contribution in [3.63, 3.8) is 0 Å². The summed E-state index contributed by atoms with van der Waals surface area (Å²) in [7, 11) is 0. The van der Waals surface area contributed by atoms with E-state index in [1.807, 2.05) is 6.07 Å². The first kappa shape index (κ1) is 10.5. The molecular formula is C7H13ClN2O. The first-order valence-electron chi connectivity index (χ1n) is 3.39. The van der Waals surface area contributed by atoms with E-state index >= 15 is 0 Å². The Labute approximate surface area is 72.3 Å². The Balaban J connectivity index is 0.000001000. The van der Waals surface area contributed by atoms with E-state index in [0.29, 0.717) is 12.5 Å². The zero-order chi connectivity index (χ0) is 7.56. The van der Waals surface area contributed by atoms with Crippen LogP contribution >= 0.6 is 12.4 Å². The minimum absolute atomic E-state index is 0. The summed E-state index contributed by atoms with van der Waals surface area (Å²) in [6.07, 6.45) is 0. The molecule has 0 aliphatic carbocycles. The van der Waals surface area contributed by atoms with Crippen LogP contribution < -0.4 is 5.73 Å². The second kappa shape index (κ2) is 4.36. The standard InChI is InChI=1S/C7H12N2O.ClH/c1-5(2)7-3-6(4-8)9-10-7;/h3,5H,4,8H2,1-2H3;1H. The highest BCUT2D eigenvalue weighted by molar-refractivity contribution is 5.85. The topological polar surface area (TPSA) is 52.0 Å². The number of hydrogen-bond donors (Lipinski definition) is 1. The molecule has 0 aliphatic rings. The predicted molar refractivity (Wildman–Crippen MR) is 45.7 cm³/mol. The molecule has 1 heterocycles. The van der Waals surface area contributed by atoms with Gasteiger partial charge in [0.2, 0.25) is 0 Å². The van der Waals surface area contributed by atoms with Gasteiger partial charge in [0.1, 0.15) is 5.76 Å². The van der Waals surface area contributed by atoms with Gasteiger partial charge >= 0.3 is 0 Å².